The minimum atomic E-state index is -3.62. The average molecular weight is 323 g/mol. The molecule has 1 fully saturated rings. The maximum atomic E-state index is 12.5. The third kappa shape index (κ3) is 3.37. The van der Waals surface area contributed by atoms with Crippen LogP contribution in [0, 0.1) is 11.3 Å². The van der Waals surface area contributed by atoms with Gasteiger partial charge in [-0.15, -0.1) is 0 Å². The lowest BCUT2D eigenvalue weighted by atomic mass is 10.2. The van der Waals surface area contributed by atoms with Crippen LogP contribution in [0.1, 0.15) is 29.6 Å². The summed E-state index contributed by atoms with van der Waals surface area (Å²) < 4.78 is 31.6. The second kappa shape index (κ2) is 6.77. The Hall–Kier alpha value is -2.11. The second-order valence-electron chi connectivity index (χ2n) is 4.89. The number of benzene rings is 1. The Labute approximate surface area is 129 Å². The van der Waals surface area contributed by atoms with Crippen molar-refractivity contribution in [3.63, 3.8) is 0 Å². The number of nitriles is 1. The Morgan fingerprint density at radius 3 is 2.64 bits per heavy atom. The number of nitrogens with zero attached hydrogens (tertiary/aromatic N) is 2. The van der Waals surface area contributed by atoms with E-state index in [-0.39, 0.29) is 29.2 Å². The molecule has 1 aliphatic heterocycles. The highest BCUT2D eigenvalue weighted by Gasteiger charge is 2.28. The fourth-order valence-electron chi connectivity index (χ4n) is 2.27. The number of ether oxygens (including phenoxy) is 1. The van der Waals surface area contributed by atoms with Crippen molar-refractivity contribution in [3.8, 4) is 11.8 Å². The topological polar surface area (TPSA) is 113 Å². The standard InChI is InChI=1S/C14H17N3O4S/c15-6-3-9-21-13-5-4-11(10-12(13)14(16)18)22(19,20)17-7-1-2-8-17/h4-5,10H,1-3,7-9H2,(H2,16,18). The van der Waals surface area contributed by atoms with Gasteiger partial charge in [-0.3, -0.25) is 4.79 Å². The molecule has 22 heavy (non-hydrogen) atoms. The van der Waals surface area contributed by atoms with E-state index in [0.29, 0.717) is 13.1 Å². The summed E-state index contributed by atoms with van der Waals surface area (Å²) in [6, 6.07) is 5.94. The summed E-state index contributed by atoms with van der Waals surface area (Å²) in [6.07, 6.45) is 1.82. The minimum absolute atomic E-state index is 0.00166. The van der Waals surface area contributed by atoms with Gasteiger partial charge in [-0.1, -0.05) is 0 Å². The summed E-state index contributed by atoms with van der Waals surface area (Å²) in [7, 11) is -3.62. The monoisotopic (exact) mass is 323 g/mol. The quantitative estimate of drug-likeness (QED) is 0.780. The lowest BCUT2D eigenvalue weighted by molar-refractivity contribution is 0.0996. The zero-order chi connectivity index (χ0) is 16.2. The molecule has 7 nitrogen and oxygen atoms in total. The van der Waals surface area contributed by atoms with Crippen LogP contribution < -0.4 is 10.5 Å². The summed E-state index contributed by atoms with van der Waals surface area (Å²) in [5, 5.41) is 8.49. The zero-order valence-electron chi connectivity index (χ0n) is 12.0. The predicted octanol–water partition coefficient (Wildman–Crippen LogP) is 0.862. The molecule has 2 rings (SSSR count). The number of sulfonamides is 1. The smallest absolute Gasteiger partial charge is 0.252 e. The number of carbonyl (C=O) groups excluding carboxylic acids is 1. The normalized spacial score (nSPS) is 15.4. The molecule has 1 saturated heterocycles. The van der Waals surface area contributed by atoms with Crippen molar-refractivity contribution < 1.29 is 17.9 Å². The highest BCUT2D eigenvalue weighted by Crippen LogP contribution is 2.26. The molecule has 118 valence electrons. The SMILES string of the molecule is N#CCCOc1ccc(S(=O)(=O)N2CCCC2)cc1C(N)=O. The van der Waals surface area contributed by atoms with E-state index in [9.17, 15) is 13.2 Å². The summed E-state index contributed by atoms with van der Waals surface area (Å²) in [5.41, 5.74) is 5.29. The Kier molecular flexibility index (Phi) is 5.00. The van der Waals surface area contributed by atoms with Crippen molar-refractivity contribution in [1.82, 2.24) is 4.31 Å². The number of hydrogen-bond donors (Lipinski definition) is 1. The molecule has 0 saturated carbocycles. The van der Waals surface area contributed by atoms with E-state index in [1.807, 2.05) is 6.07 Å². The van der Waals surface area contributed by atoms with E-state index >= 15 is 0 Å². The Balaban J connectivity index is 2.33. The largest absolute Gasteiger partial charge is 0.492 e. The minimum Gasteiger partial charge on any atom is -0.492 e. The van der Waals surface area contributed by atoms with Crippen molar-refractivity contribution in [3.05, 3.63) is 23.8 Å². The van der Waals surface area contributed by atoms with E-state index in [2.05, 4.69) is 0 Å². The fraction of sp³-hybridized carbons (Fsp3) is 0.429. The molecule has 1 amide bonds. The molecule has 2 N–H and O–H groups in total. The first-order valence-corrected chi connectivity index (χ1v) is 8.34. The van der Waals surface area contributed by atoms with Crippen LogP contribution in [0.5, 0.6) is 5.75 Å². The van der Waals surface area contributed by atoms with Gasteiger partial charge < -0.3 is 10.5 Å². The molecule has 1 heterocycles. The first-order valence-electron chi connectivity index (χ1n) is 6.90. The van der Waals surface area contributed by atoms with E-state index in [1.54, 1.807) is 0 Å². The Bertz CT molecular complexity index is 703. The molecule has 1 aromatic carbocycles. The van der Waals surface area contributed by atoms with Gasteiger partial charge >= 0.3 is 0 Å². The summed E-state index contributed by atoms with van der Waals surface area (Å²) in [5.74, 6) is -0.589. The van der Waals surface area contributed by atoms with Crippen LogP contribution in [0.25, 0.3) is 0 Å². The van der Waals surface area contributed by atoms with E-state index in [1.165, 1.54) is 22.5 Å². The van der Waals surface area contributed by atoms with Gasteiger partial charge in [-0.05, 0) is 31.0 Å². The number of primary amides is 1. The Morgan fingerprint density at radius 1 is 1.36 bits per heavy atom. The first-order chi connectivity index (χ1) is 10.5. The van der Waals surface area contributed by atoms with E-state index in [0.717, 1.165) is 12.8 Å². The van der Waals surface area contributed by atoms with Crippen molar-refractivity contribution in [1.29, 1.82) is 5.26 Å². The number of hydrogen-bond acceptors (Lipinski definition) is 5. The molecule has 0 unspecified atom stereocenters. The number of carbonyl (C=O) groups is 1. The van der Waals surface area contributed by atoms with Crippen LogP contribution in [0.4, 0.5) is 0 Å². The molecule has 0 aromatic heterocycles. The van der Waals surface area contributed by atoms with Crippen molar-refractivity contribution in [2.45, 2.75) is 24.2 Å². The molecule has 0 atom stereocenters. The van der Waals surface area contributed by atoms with Crippen molar-refractivity contribution in [2.75, 3.05) is 19.7 Å². The third-order valence-corrected chi connectivity index (χ3v) is 5.29. The molecule has 0 spiro atoms. The summed E-state index contributed by atoms with van der Waals surface area (Å²) in [4.78, 5) is 11.5. The highest BCUT2D eigenvalue weighted by atomic mass is 32.2. The van der Waals surface area contributed by atoms with Crippen LogP contribution >= 0.6 is 0 Å². The van der Waals surface area contributed by atoms with Gasteiger partial charge in [0.25, 0.3) is 5.91 Å². The number of rotatable bonds is 6. The van der Waals surface area contributed by atoms with Gasteiger partial charge in [0.15, 0.2) is 0 Å². The van der Waals surface area contributed by atoms with Crippen LogP contribution in [-0.2, 0) is 10.0 Å². The Morgan fingerprint density at radius 2 is 2.05 bits per heavy atom. The molecule has 0 aliphatic carbocycles. The van der Waals surface area contributed by atoms with Crippen LogP contribution in [0.3, 0.4) is 0 Å². The maximum absolute atomic E-state index is 12.5. The molecular weight excluding hydrogens is 306 g/mol. The molecule has 8 heteroatoms. The number of amides is 1. The summed E-state index contributed by atoms with van der Waals surface area (Å²) in [6.45, 7) is 1.07. The average Bonchev–Trinajstić information content (AvgIpc) is 3.02. The lowest BCUT2D eigenvalue weighted by Crippen LogP contribution is -2.28. The second-order valence-corrected chi connectivity index (χ2v) is 6.83. The maximum Gasteiger partial charge on any atom is 0.252 e. The number of nitrogens with two attached hydrogens (primary N) is 1. The van der Waals surface area contributed by atoms with Crippen LogP contribution in [-0.4, -0.2) is 38.3 Å². The molecular formula is C14H17N3O4S. The zero-order valence-corrected chi connectivity index (χ0v) is 12.8. The molecule has 1 aliphatic rings. The highest BCUT2D eigenvalue weighted by molar-refractivity contribution is 7.89. The van der Waals surface area contributed by atoms with Crippen molar-refractivity contribution >= 4 is 15.9 Å². The van der Waals surface area contributed by atoms with Crippen LogP contribution in [0.15, 0.2) is 23.1 Å². The third-order valence-electron chi connectivity index (χ3n) is 3.39. The fourth-order valence-corrected chi connectivity index (χ4v) is 3.82. The van der Waals surface area contributed by atoms with Gasteiger partial charge in [0.1, 0.15) is 12.4 Å². The molecule has 0 bridgehead atoms. The van der Waals surface area contributed by atoms with Gasteiger partial charge in [0.2, 0.25) is 10.0 Å². The van der Waals surface area contributed by atoms with Crippen LogP contribution in [0.2, 0.25) is 0 Å². The van der Waals surface area contributed by atoms with E-state index in [4.69, 9.17) is 15.7 Å². The van der Waals surface area contributed by atoms with Gasteiger partial charge in [0.05, 0.1) is 22.9 Å². The van der Waals surface area contributed by atoms with Crippen molar-refractivity contribution in [2.24, 2.45) is 5.73 Å². The van der Waals surface area contributed by atoms with Gasteiger partial charge in [0, 0.05) is 13.1 Å². The van der Waals surface area contributed by atoms with E-state index < -0.39 is 15.9 Å². The van der Waals surface area contributed by atoms with Gasteiger partial charge in [-0.2, -0.15) is 9.57 Å². The predicted molar refractivity (Wildman–Crippen MR) is 78.7 cm³/mol. The molecule has 1 aromatic rings. The molecule has 0 radical (unpaired) electrons. The summed E-state index contributed by atoms with van der Waals surface area (Å²) >= 11 is 0. The van der Waals surface area contributed by atoms with Gasteiger partial charge in [-0.25, -0.2) is 8.42 Å². The first kappa shape index (κ1) is 16.3. The lowest BCUT2D eigenvalue weighted by Gasteiger charge is -2.17.